The molecule has 112 valence electrons. The summed E-state index contributed by atoms with van der Waals surface area (Å²) in [6.07, 6.45) is 3.50. The van der Waals surface area contributed by atoms with Gasteiger partial charge in [-0.1, -0.05) is 12.1 Å². The lowest BCUT2D eigenvalue weighted by molar-refractivity contribution is 0.353. The van der Waals surface area contributed by atoms with Gasteiger partial charge in [0.2, 0.25) is 0 Å². The number of methoxy groups -OCH3 is 2. The van der Waals surface area contributed by atoms with Gasteiger partial charge in [-0.15, -0.1) is 0 Å². The van der Waals surface area contributed by atoms with Gasteiger partial charge in [-0.05, 0) is 42.7 Å². The van der Waals surface area contributed by atoms with Crippen LogP contribution in [0.4, 0.5) is 0 Å². The van der Waals surface area contributed by atoms with Crippen molar-refractivity contribution in [3.63, 3.8) is 0 Å². The molecule has 2 aromatic rings. The molecule has 0 amide bonds. The molecule has 21 heavy (non-hydrogen) atoms. The average molecular weight is 287 g/mol. The molecule has 1 heterocycles. The van der Waals surface area contributed by atoms with Crippen molar-refractivity contribution in [2.24, 2.45) is 5.84 Å². The topological polar surface area (TPSA) is 69.4 Å². The molecule has 5 heteroatoms. The summed E-state index contributed by atoms with van der Waals surface area (Å²) in [6.45, 7) is 0. The van der Waals surface area contributed by atoms with E-state index in [0.29, 0.717) is 11.5 Å². The number of aromatic nitrogens is 1. The van der Waals surface area contributed by atoms with E-state index in [1.165, 1.54) is 0 Å². The first-order valence-corrected chi connectivity index (χ1v) is 6.86. The van der Waals surface area contributed by atoms with Crippen LogP contribution in [0.2, 0.25) is 0 Å². The first-order valence-electron chi connectivity index (χ1n) is 6.86. The van der Waals surface area contributed by atoms with Gasteiger partial charge in [-0.3, -0.25) is 16.3 Å². The van der Waals surface area contributed by atoms with Crippen LogP contribution in [-0.2, 0) is 6.42 Å². The smallest absolute Gasteiger partial charge is 0.161 e. The highest BCUT2D eigenvalue weighted by atomic mass is 16.5. The van der Waals surface area contributed by atoms with E-state index in [4.69, 9.17) is 15.3 Å². The van der Waals surface area contributed by atoms with Gasteiger partial charge in [-0.25, -0.2) is 0 Å². The van der Waals surface area contributed by atoms with Gasteiger partial charge in [0.05, 0.1) is 14.2 Å². The van der Waals surface area contributed by atoms with Gasteiger partial charge in [0, 0.05) is 17.9 Å². The molecule has 0 aliphatic carbocycles. The van der Waals surface area contributed by atoms with Crippen molar-refractivity contribution in [2.45, 2.75) is 18.9 Å². The Kier molecular flexibility index (Phi) is 5.54. The van der Waals surface area contributed by atoms with Crippen LogP contribution in [0.5, 0.6) is 11.5 Å². The third kappa shape index (κ3) is 3.93. The SMILES string of the molecule is COc1ccc(C(CCc2ccccn2)NN)cc1OC. The number of hydrazine groups is 1. The van der Waals surface area contributed by atoms with E-state index in [1.54, 1.807) is 20.4 Å². The second kappa shape index (κ2) is 7.61. The highest BCUT2D eigenvalue weighted by Crippen LogP contribution is 2.30. The quantitative estimate of drug-likeness (QED) is 0.604. The number of benzene rings is 1. The Morgan fingerprint density at radius 3 is 2.57 bits per heavy atom. The highest BCUT2D eigenvalue weighted by molar-refractivity contribution is 5.43. The highest BCUT2D eigenvalue weighted by Gasteiger charge is 2.13. The lowest BCUT2D eigenvalue weighted by atomic mass is 10.0. The van der Waals surface area contributed by atoms with Crippen LogP contribution in [-0.4, -0.2) is 19.2 Å². The standard InChI is InChI=1S/C16H21N3O2/c1-20-15-9-6-12(11-16(15)21-2)14(19-17)8-7-13-5-3-4-10-18-13/h3-6,9-11,14,19H,7-8,17H2,1-2H3. The monoisotopic (exact) mass is 287 g/mol. The van der Waals surface area contributed by atoms with E-state index < -0.39 is 0 Å². The Morgan fingerprint density at radius 1 is 1.14 bits per heavy atom. The molecular formula is C16H21N3O2. The summed E-state index contributed by atoms with van der Waals surface area (Å²) in [5.74, 6) is 7.10. The van der Waals surface area contributed by atoms with E-state index in [-0.39, 0.29) is 6.04 Å². The summed E-state index contributed by atoms with van der Waals surface area (Å²) in [4.78, 5) is 4.33. The summed E-state index contributed by atoms with van der Waals surface area (Å²) in [5, 5.41) is 0. The van der Waals surface area contributed by atoms with E-state index in [2.05, 4.69) is 10.4 Å². The van der Waals surface area contributed by atoms with Crippen LogP contribution in [0.25, 0.3) is 0 Å². The predicted molar refractivity (Wildman–Crippen MR) is 82.2 cm³/mol. The second-order valence-electron chi connectivity index (χ2n) is 4.69. The van der Waals surface area contributed by atoms with Crippen LogP contribution < -0.4 is 20.7 Å². The molecule has 2 rings (SSSR count). The molecule has 1 aromatic heterocycles. The zero-order chi connectivity index (χ0) is 15.1. The summed E-state index contributed by atoms with van der Waals surface area (Å²) < 4.78 is 10.6. The lowest BCUT2D eigenvalue weighted by Crippen LogP contribution is -2.28. The third-order valence-corrected chi connectivity index (χ3v) is 3.43. The number of pyridine rings is 1. The first-order chi connectivity index (χ1) is 10.3. The van der Waals surface area contributed by atoms with Crippen LogP contribution in [0.3, 0.4) is 0 Å². The van der Waals surface area contributed by atoms with Crippen molar-refractivity contribution in [3.8, 4) is 11.5 Å². The van der Waals surface area contributed by atoms with Crippen molar-refractivity contribution in [2.75, 3.05) is 14.2 Å². The van der Waals surface area contributed by atoms with Crippen molar-refractivity contribution in [3.05, 3.63) is 53.9 Å². The number of aryl methyl sites for hydroxylation is 1. The van der Waals surface area contributed by atoms with Gasteiger partial charge in [-0.2, -0.15) is 0 Å². The summed E-state index contributed by atoms with van der Waals surface area (Å²) in [5.41, 5.74) is 4.97. The largest absolute Gasteiger partial charge is 0.493 e. The minimum Gasteiger partial charge on any atom is -0.493 e. The Labute approximate surface area is 125 Å². The molecule has 5 nitrogen and oxygen atoms in total. The number of rotatable bonds is 7. The maximum atomic E-state index is 5.69. The molecule has 1 unspecified atom stereocenters. The third-order valence-electron chi connectivity index (χ3n) is 3.43. The second-order valence-corrected chi connectivity index (χ2v) is 4.69. The zero-order valence-electron chi connectivity index (χ0n) is 12.4. The normalized spacial score (nSPS) is 12.0. The molecule has 1 aromatic carbocycles. The minimum absolute atomic E-state index is 0.0341. The molecule has 0 radical (unpaired) electrons. The Hall–Kier alpha value is -2.11. The fraction of sp³-hybridized carbons (Fsp3) is 0.312. The molecule has 0 spiro atoms. The lowest BCUT2D eigenvalue weighted by Gasteiger charge is -2.18. The van der Waals surface area contributed by atoms with Crippen LogP contribution in [0, 0.1) is 0 Å². The van der Waals surface area contributed by atoms with Crippen LogP contribution in [0.15, 0.2) is 42.6 Å². The van der Waals surface area contributed by atoms with Crippen molar-refractivity contribution in [1.82, 2.24) is 10.4 Å². The summed E-state index contributed by atoms with van der Waals surface area (Å²) in [6, 6.07) is 11.8. The zero-order valence-corrected chi connectivity index (χ0v) is 12.4. The van der Waals surface area contributed by atoms with E-state index in [9.17, 15) is 0 Å². The van der Waals surface area contributed by atoms with Gasteiger partial charge in [0.1, 0.15) is 0 Å². The molecule has 0 saturated carbocycles. The molecule has 0 bridgehead atoms. The molecule has 0 saturated heterocycles. The average Bonchev–Trinajstić information content (AvgIpc) is 2.56. The maximum Gasteiger partial charge on any atom is 0.161 e. The van der Waals surface area contributed by atoms with Crippen molar-refractivity contribution in [1.29, 1.82) is 0 Å². The van der Waals surface area contributed by atoms with Gasteiger partial charge < -0.3 is 9.47 Å². The van der Waals surface area contributed by atoms with Gasteiger partial charge in [0.25, 0.3) is 0 Å². The van der Waals surface area contributed by atoms with Crippen LogP contribution in [0.1, 0.15) is 23.7 Å². The van der Waals surface area contributed by atoms with Crippen molar-refractivity contribution >= 4 is 0 Å². The van der Waals surface area contributed by atoms with E-state index in [0.717, 1.165) is 24.1 Å². The summed E-state index contributed by atoms with van der Waals surface area (Å²) >= 11 is 0. The fourth-order valence-corrected chi connectivity index (χ4v) is 2.25. The van der Waals surface area contributed by atoms with E-state index >= 15 is 0 Å². The Bertz CT molecular complexity index is 561. The number of nitrogens with two attached hydrogens (primary N) is 1. The molecule has 3 N–H and O–H groups in total. The number of hydrogen-bond donors (Lipinski definition) is 2. The first kappa shape index (κ1) is 15.3. The Morgan fingerprint density at radius 2 is 1.95 bits per heavy atom. The number of ether oxygens (including phenoxy) is 2. The number of nitrogens with zero attached hydrogens (tertiary/aromatic N) is 1. The molecular weight excluding hydrogens is 266 g/mol. The molecule has 1 atom stereocenters. The predicted octanol–water partition coefficient (Wildman–Crippen LogP) is 2.24. The van der Waals surface area contributed by atoms with Crippen molar-refractivity contribution < 1.29 is 9.47 Å². The van der Waals surface area contributed by atoms with Crippen LogP contribution >= 0.6 is 0 Å². The maximum absolute atomic E-state index is 5.69. The molecule has 0 fully saturated rings. The molecule has 0 aliphatic heterocycles. The number of nitrogens with one attached hydrogen (secondary N) is 1. The van der Waals surface area contributed by atoms with Gasteiger partial charge >= 0.3 is 0 Å². The van der Waals surface area contributed by atoms with E-state index in [1.807, 2.05) is 36.4 Å². The van der Waals surface area contributed by atoms with Gasteiger partial charge in [0.15, 0.2) is 11.5 Å². The molecule has 0 aliphatic rings. The number of hydrogen-bond acceptors (Lipinski definition) is 5. The fourth-order valence-electron chi connectivity index (χ4n) is 2.25. The Balaban J connectivity index is 2.10. The minimum atomic E-state index is 0.0341. The summed E-state index contributed by atoms with van der Waals surface area (Å²) in [7, 11) is 3.25.